The van der Waals surface area contributed by atoms with E-state index in [2.05, 4.69) is 6.92 Å². The normalized spacial score (nSPS) is 42.5. The number of rotatable bonds is 1. The average Bonchev–Trinajstić information content (AvgIpc) is 2.55. The minimum absolute atomic E-state index is 0.0197. The second kappa shape index (κ2) is 3.58. The van der Waals surface area contributed by atoms with Crippen molar-refractivity contribution in [3.8, 4) is 0 Å². The molecule has 0 aromatic rings. The molecular weight excluding hydrogens is 164 g/mol. The first-order valence-corrected chi connectivity index (χ1v) is 5.53. The van der Waals surface area contributed by atoms with E-state index in [0.29, 0.717) is 5.92 Å². The van der Waals surface area contributed by atoms with Crippen molar-refractivity contribution >= 4 is 0 Å². The van der Waals surface area contributed by atoms with Crippen molar-refractivity contribution in [3.63, 3.8) is 0 Å². The molecule has 0 spiro atoms. The van der Waals surface area contributed by atoms with E-state index < -0.39 is 0 Å². The fraction of sp³-hybridized carbons (Fsp3) is 1.00. The maximum absolute atomic E-state index is 9.63. The number of aliphatic hydroxyl groups excluding tert-OH is 1. The summed E-state index contributed by atoms with van der Waals surface area (Å²) in [6, 6.07) is 0. The molecule has 76 valence electrons. The summed E-state index contributed by atoms with van der Waals surface area (Å²) in [4.78, 5) is 0. The van der Waals surface area contributed by atoms with Gasteiger partial charge in [0.25, 0.3) is 0 Å². The van der Waals surface area contributed by atoms with Crippen LogP contribution in [0.15, 0.2) is 0 Å². The summed E-state index contributed by atoms with van der Waals surface area (Å²) in [5.74, 6) is 0.697. The molecule has 2 atom stereocenters. The largest absolute Gasteiger partial charge is 0.393 e. The van der Waals surface area contributed by atoms with E-state index in [9.17, 15) is 5.11 Å². The lowest BCUT2D eigenvalue weighted by Crippen LogP contribution is -2.44. The smallest absolute Gasteiger partial charge is 0.0707 e. The lowest BCUT2D eigenvalue weighted by molar-refractivity contribution is -0.136. The van der Waals surface area contributed by atoms with E-state index in [1.807, 2.05) is 0 Å². The molecular formula is C11H20O2. The molecule has 1 N–H and O–H groups in total. The summed E-state index contributed by atoms with van der Waals surface area (Å²) in [6.45, 7) is 2.93. The van der Waals surface area contributed by atoms with Crippen molar-refractivity contribution in [2.24, 2.45) is 5.92 Å². The molecule has 0 aromatic carbocycles. The van der Waals surface area contributed by atoms with Crippen LogP contribution < -0.4 is 0 Å². The van der Waals surface area contributed by atoms with E-state index in [1.54, 1.807) is 0 Å². The zero-order valence-corrected chi connectivity index (χ0v) is 8.46. The summed E-state index contributed by atoms with van der Waals surface area (Å²) < 4.78 is 5.86. The average molecular weight is 184 g/mol. The second-order valence-electron chi connectivity index (χ2n) is 4.79. The van der Waals surface area contributed by atoms with E-state index in [4.69, 9.17) is 4.74 Å². The third-order valence-electron chi connectivity index (χ3n) is 3.74. The van der Waals surface area contributed by atoms with Gasteiger partial charge in [-0.2, -0.15) is 0 Å². The highest BCUT2D eigenvalue weighted by molar-refractivity contribution is 4.91. The van der Waals surface area contributed by atoms with Crippen molar-refractivity contribution in [1.82, 2.24) is 0 Å². The molecule has 2 nitrogen and oxygen atoms in total. The Bertz CT molecular complexity index is 175. The molecule has 1 aliphatic carbocycles. The Kier molecular flexibility index (Phi) is 2.61. The fourth-order valence-electron chi connectivity index (χ4n) is 2.88. The molecule has 2 heteroatoms. The molecule has 2 rings (SSSR count). The van der Waals surface area contributed by atoms with E-state index in [1.165, 1.54) is 25.7 Å². The van der Waals surface area contributed by atoms with Crippen molar-refractivity contribution < 1.29 is 9.84 Å². The van der Waals surface area contributed by atoms with Gasteiger partial charge >= 0.3 is 0 Å². The second-order valence-corrected chi connectivity index (χ2v) is 4.79. The van der Waals surface area contributed by atoms with Gasteiger partial charge in [0.1, 0.15) is 0 Å². The van der Waals surface area contributed by atoms with Crippen LogP contribution in [0.1, 0.15) is 45.4 Å². The fourth-order valence-corrected chi connectivity index (χ4v) is 2.88. The summed E-state index contributed by atoms with van der Waals surface area (Å²) in [7, 11) is 0. The van der Waals surface area contributed by atoms with Crippen molar-refractivity contribution in [2.75, 3.05) is 6.61 Å². The molecule has 2 aliphatic rings. The molecule has 1 saturated heterocycles. The standard InChI is InChI=1S/C11H20O2/c1-11(9-4-2-3-5-9)8-10(12)6-7-13-11/h9-10,12H,2-8H2,1H3. The summed E-state index contributed by atoms with van der Waals surface area (Å²) in [5.41, 5.74) is -0.0197. The molecule has 0 amide bonds. The van der Waals surface area contributed by atoms with Crippen LogP contribution in [-0.4, -0.2) is 23.4 Å². The van der Waals surface area contributed by atoms with Crippen LogP contribution >= 0.6 is 0 Å². The highest BCUT2D eigenvalue weighted by atomic mass is 16.5. The lowest BCUT2D eigenvalue weighted by atomic mass is 9.81. The first-order valence-electron chi connectivity index (χ1n) is 5.53. The van der Waals surface area contributed by atoms with Gasteiger partial charge in [0.15, 0.2) is 0 Å². The van der Waals surface area contributed by atoms with Crippen LogP contribution in [0.4, 0.5) is 0 Å². The third kappa shape index (κ3) is 1.89. The minimum Gasteiger partial charge on any atom is -0.393 e. The molecule has 0 radical (unpaired) electrons. The Morgan fingerprint density at radius 2 is 1.92 bits per heavy atom. The van der Waals surface area contributed by atoms with Gasteiger partial charge in [-0.3, -0.25) is 0 Å². The van der Waals surface area contributed by atoms with Gasteiger partial charge in [0.05, 0.1) is 11.7 Å². The van der Waals surface area contributed by atoms with Gasteiger partial charge in [-0.05, 0) is 32.1 Å². The predicted octanol–water partition coefficient (Wildman–Crippen LogP) is 2.11. The highest BCUT2D eigenvalue weighted by Crippen LogP contribution is 2.41. The van der Waals surface area contributed by atoms with Crippen LogP contribution in [0.3, 0.4) is 0 Å². The first kappa shape index (κ1) is 9.47. The first-order chi connectivity index (χ1) is 6.21. The van der Waals surface area contributed by atoms with Gasteiger partial charge in [0.2, 0.25) is 0 Å². The molecule has 0 bridgehead atoms. The van der Waals surface area contributed by atoms with Gasteiger partial charge < -0.3 is 9.84 Å². The van der Waals surface area contributed by atoms with Crippen molar-refractivity contribution in [1.29, 1.82) is 0 Å². The Balaban J connectivity index is 2.00. The zero-order chi connectivity index (χ0) is 9.31. The SMILES string of the molecule is CC1(C2CCCC2)CC(O)CCO1. The maximum Gasteiger partial charge on any atom is 0.0707 e. The Labute approximate surface area is 80.3 Å². The summed E-state index contributed by atoms with van der Waals surface area (Å²) in [5, 5.41) is 9.63. The van der Waals surface area contributed by atoms with Gasteiger partial charge in [-0.15, -0.1) is 0 Å². The Morgan fingerprint density at radius 3 is 2.54 bits per heavy atom. The van der Waals surface area contributed by atoms with Crippen LogP contribution in [0.2, 0.25) is 0 Å². The minimum atomic E-state index is -0.126. The van der Waals surface area contributed by atoms with Gasteiger partial charge in [0, 0.05) is 13.0 Å². The van der Waals surface area contributed by atoms with E-state index in [0.717, 1.165) is 19.4 Å². The monoisotopic (exact) mass is 184 g/mol. The van der Waals surface area contributed by atoms with Crippen LogP contribution in [-0.2, 0) is 4.74 Å². The van der Waals surface area contributed by atoms with Gasteiger partial charge in [-0.25, -0.2) is 0 Å². The molecule has 0 aromatic heterocycles. The van der Waals surface area contributed by atoms with Crippen LogP contribution in [0.25, 0.3) is 0 Å². The van der Waals surface area contributed by atoms with E-state index >= 15 is 0 Å². The molecule has 1 aliphatic heterocycles. The number of ether oxygens (including phenoxy) is 1. The third-order valence-corrected chi connectivity index (χ3v) is 3.74. The Morgan fingerprint density at radius 1 is 1.23 bits per heavy atom. The Hall–Kier alpha value is -0.0800. The van der Waals surface area contributed by atoms with Crippen LogP contribution in [0, 0.1) is 5.92 Å². The van der Waals surface area contributed by atoms with Crippen LogP contribution in [0.5, 0.6) is 0 Å². The maximum atomic E-state index is 9.63. The lowest BCUT2D eigenvalue weighted by Gasteiger charge is -2.41. The zero-order valence-electron chi connectivity index (χ0n) is 8.46. The molecule has 1 saturated carbocycles. The molecule has 13 heavy (non-hydrogen) atoms. The molecule has 2 fully saturated rings. The van der Waals surface area contributed by atoms with Crippen molar-refractivity contribution in [3.05, 3.63) is 0 Å². The van der Waals surface area contributed by atoms with Crippen molar-refractivity contribution in [2.45, 2.75) is 57.2 Å². The number of aliphatic hydroxyl groups is 1. The molecule has 1 heterocycles. The molecule has 2 unspecified atom stereocenters. The number of hydrogen-bond donors (Lipinski definition) is 1. The predicted molar refractivity (Wildman–Crippen MR) is 51.6 cm³/mol. The number of hydrogen-bond acceptors (Lipinski definition) is 2. The van der Waals surface area contributed by atoms with E-state index in [-0.39, 0.29) is 11.7 Å². The van der Waals surface area contributed by atoms with Gasteiger partial charge in [-0.1, -0.05) is 12.8 Å². The quantitative estimate of drug-likeness (QED) is 0.676. The summed E-state index contributed by atoms with van der Waals surface area (Å²) >= 11 is 0. The highest BCUT2D eigenvalue weighted by Gasteiger charge is 2.40. The summed E-state index contributed by atoms with van der Waals surface area (Å²) in [6.07, 6.45) is 6.82. The topological polar surface area (TPSA) is 29.5 Å².